The second-order valence-electron chi connectivity index (χ2n) is 6.35. The van der Waals surface area contributed by atoms with Crippen LogP contribution < -0.4 is 5.32 Å². The van der Waals surface area contributed by atoms with Gasteiger partial charge in [0.1, 0.15) is 0 Å². The molecule has 0 aromatic heterocycles. The molecule has 2 aliphatic rings. The Labute approximate surface area is 113 Å². The number of hydrogen-bond donors (Lipinski definition) is 1. The van der Waals surface area contributed by atoms with E-state index in [4.69, 9.17) is 0 Å². The number of nitrogens with zero attached hydrogens (tertiary/aromatic N) is 2. The van der Waals surface area contributed by atoms with E-state index in [1.807, 2.05) is 0 Å². The molecule has 0 spiro atoms. The van der Waals surface area contributed by atoms with E-state index in [9.17, 15) is 0 Å². The zero-order chi connectivity index (χ0) is 13.0. The van der Waals surface area contributed by atoms with Crippen LogP contribution in [0.1, 0.15) is 39.5 Å². The van der Waals surface area contributed by atoms with Crippen molar-refractivity contribution >= 4 is 0 Å². The Hall–Kier alpha value is -0.120. The van der Waals surface area contributed by atoms with E-state index in [1.54, 1.807) is 0 Å². The van der Waals surface area contributed by atoms with E-state index in [0.29, 0.717) is 0 Å². The molecule has 2 heterocycles. The topological polar surface area (TPSA) is 18.5 Å². The third-order valence-electron chi connectivity index (χ3n) is 4.86. The summed E-state index contributed by atoms with van der Waals surface area (Å²) in [6, 6.07) is 1.48. The molecule has 3 unspecified atom stereocenters. The Morgan fingerprint density at radius 1 is 1.22 bits per heavy atom. The van der Waals surface area contributed by atoms with E-state index in [-0.39, 0.29) is 0 Å². The van der Waals surface area contributed by atoms with Gasteiger partial charge < -0.3 is 10.2 Å². The zero-order valence-corrected chi connectivity index (χ0v) is 12.5. The normalized spacial score (nSPS) is 36.5. The highest BCUT2D eigenvalue weighted by Gasteiger charge is 2.27. The smallest absolute Gasteiger partial charge is 0.0221 e. The highest BCUT2D eigenvalue weighted by atomic mass is 15.2. The van der Waals surface area contributed by atoms with Crippen LogP contribution in [-0.2, 0) is 0 Å². The molecule has 1 N–H and O–H groups in total. The lowest BCUT2D eigenvalue weighted by Gasteiger charge is -2.37. The molecular formula is C15H31N3. The fourth-order valence-electron chi connectivity index (χ4n) is 3.53. The molecule has 3 atom stereocenters. The Morgan fingerprint density at radius 3 is 2.78 bits per heavy atom. The Bertz CT molecular complexity index is 244. The van der Waals surface area contributed by atoms with Gasteiger partial charge in [-0.05, 0) is 58.3 Å². The zero-order valence-electron chi connectivity index (χ0n) is 12.5. The van der Waals surface area contributed by atoms with Crippen LogP contribution in [0.15, 0.2) is 0 Å². The maximum atomic E-state index is 3.74. The van der Waals surface area contributed by atoms with Gasteiger partial charge in [0.05, 0.1) is 0 Å². The van der Waals surface area contributed by atoms with Crippen molar-refractivity contribution in [3.05, 3.63) is 0 Å². The van der Waals surface area contributed by atoms with Gasteiger partial charge in [-0.3, -0.25) is 4.90 Å². The van der Waals surface area contributed by atoms with Gasteiger partial charge in [-0.2, -0.15) is 0 Å². The van der Waals surface area contributed by atoms with Crippen LogP contribution in [0.3, 0.4) is 0 Å². The molecule has 3 heteroatoms. The molecule has 0 amide bonds. The Kier molecular flexibility index (Phi) is 5.46. The summed E-state index contributed by atoms with van der Waals surface area (Å²) < 4.78 is 0. The minimum Gasteiger partial charge on any atom is -0.312 e. The molecule has 0 aliphatic carbocycles. The van der Waals surface area contributed by atoms with Gasteiger partial charge in [-0.25, -0.2) is 0 Å². The lowest BCUT2D eigenvalue weighted by atomic mass is 9.92. The first-order valence-electron chi connectivity index (χ1n) is 7.86. The minimum atomic E-state index is 0.719. The molecule has 0 aromatic rings. The number of rotatable bonds is 3. The monoisotopic (exact) mass is 253 g/mol. The van der Waals surface area contributed by atoms with Gasteiger partial charge >= 0.3 is 0 Å². The summed E-state index contributed by atoms with van der Waals surface area (Å²) in [5.74, 6) is 0.845. The highest BCUT2D eigenvalue weighted by molar-refractivity contribution is 4.86. The van der Waals surface area contributed by atoms with Crippen molar-refractivity contribution in [2.45, 2.75) is 51.6 Å². The predicted molar refractivity (Wildman–Crippen MR) is 78.0 cm³/mol. The molecule has 18 heavy (non-hydrogen) atoms. The van der Waals surface area contributed by atoms with Crippen LogP contribution >= 0.6 is 0 Å². The minimum absolute atomic E-state index is 0.719. The molecule has 3 nitrogen and oxygen atoms in total. The second-order valence-corrected chi connectivity index (χ2v) is 6.35. The summed E-state index contributed by atoms with van der Waals surface area (Å²) >= 11 is 0. The maximum absolute atomic E-state index is 3.74. The van der Waals surface area contributed by atoms with Crippen LogP contribution in [0.5, 0.6) is 0 Å². The number of hydrogen-bond acceptors (Lipinski definition) is 3. The van der Waals surface area contributed by atoms with Crippen molar-refractivity contribution in [2.24, 2.45) is 5.92 Å². The van der Waals surface area contributed by atoms with Crippen molar-refractivity contribution in [3.8, 4) is 0 Å². The first kappa shape index (κ1) is 14.3. The van der Waals surface area contributed by atoms with Gasteiger partial charge in [0.15, 0.2) is 0 Å². The lowest BCUT2D eigenvalue weighted by Crippen LogP contribution is -2.51. The molecular weight excluding hydrogens is 222 g/mol. The van der Waals surface area contributed by atoms with Crippen molar-refractivity contribution < 1.29 is 0 Å². The molecule has 2 aliphatic heterocycles. The van der Waals surface area contributed by atoms with Crippen LogP contribution in [0.2, 0.25) is 0 Å². The fourth-order valence-corrected chi connectivity index (χ4v) is 3.53. The van der Waals surface area contributed by atoms with Crippen LogP contribution in [-0.4, -0.2) is 61.7 Å². The molecule has 0 bridgehead atoms. The molecule has 0 aromatic carbocycles. The van der Waals surface area contributed by atoms with Gasteiger partial charge in [0, 0.05) is 25.2 Å². The number of likely N-dealkylation sites (N-methyl/N-ethyl adjacent to an activating group) is 1. The average Bonchev–Trinajstić information content (AvgIpc) is 2.54. The molecule has 0 radical (unpaired) electrons. The van der Waals surface area contributed by atoms with E-state index in [2.05, 4.69) is 36.0 Å². The summed E-state index contributed by atoms with van der Waals surface area (Å²) in [5.41, 5.74) is 0. The van der Waals surface area contributed by atoms with Crippen LogP contribution in [0.25, 0.3) is 0 Å². The molecule has 2 fully saturated rings. The summed E-state index contributed by atoms with van der Waals surface area (Å²) in [6.45, 7) is 11.0. The van der Waals surface area contributed by atoms with Crippen molar-refractivity contribution in [2.75, 3.05) is 39.8 Å². The predicted octanol–water partition coefficient (Wildman–Crippen LogP) is 1.79. The largest absolute Gasteiger partial charge is 0.312 e. The van der Waals surface area contributed by atoms with Gasteiger partial charge in [0.2, 0.25) is 0 Å². The SMILES string of the molecule is CCC1CN(C)CCCN1CC1NCCCC1C. The lowest BCUT2D eigenvalue weighted by molar-refractivity contribution is 0.140. The summed E-state index contributed by atoms with van der Waals surface area (Å²) in [7, 11) is 2.27. The number of nitrogens with one attached hydrogen (secondary N) is 1. The van der Waals surface area contributed by atoms with E-state index < -0.39 is 0 Å². The summed E-state index contributed by atoms with van der Waals surface area (Å²) in [6.07, 6.45) is 5.37. The molecule has 2 saturated heterocycles. The highest BCUT2D eigenvalue weighted by Crippen LogP contribution is 2.19. The van der Waals surface area contributed by atoms with Crippen molar-refractivity contribution in [1.29, 1.82) is 0 Å². The average molecular weight is 253 g/mol. The third kappa shape index (κ3) is 3.69. The van der Waals surface area contributed by atoms with Crippen LogP contribution in [0.4, 0.5) is 0 Å². The standard InChI is InChI=1S/C15H31N3/c1-4-14-11-17(3)9-6-10-18(14)12-15-13(2)7-5-8-16-15/h13-16H,4-12H2,1-3H3. The van der Waals surface area contributed by atoms with Gasteiger partial charge in [-0.15, -0.1) is 0 Å². The van der Waals surface area contributed by atoms with E-state index >= 15 is 0 Å². The third-order valence-corrected chi connectivity index (χ3v) is 4.86. The van der Waals surface area contributed by atoms with Gasteiger partial charge in [0.25, 0.3) is 0 Å². The number of piperidine rings is 1. The second kappa shape index (κ2) is 6.88. The summed E-state index contributed by atoms with van der Waals surface area (Å²) in [4.78, 5) is 5.26. The Balaban J connectivity index is 1.92. The first-order valence-corrected chi connectivity index (χ1v) is 7.86. The fraction of sp³-hybridized carbons (Fsp3) is 1.00. The quantitative estimate of drug-likeness (QED) is 0.827. The van der Waals surface area contributed by atoms with Gasteiger partial charge in [-0.1, -0.05) is 13.8 Å². The maximum Gasteiger partial charge on any atom is 0.0221 e. The molecule has 106 valence electrons. The molecule has 2 rings (SSSR count). The van der Waals surface area contributed by atoms with Crippen LogP contribution in [0, 0.1) is 5.92 Å². The van der Waals surface area contributed by atoms with Crippen molar-refractivity contribution in [3.63, 3.8) is 0 Å². The van der Waals surface area contributed by atoms with Crippen molar-refractivity contribution in [1.82, 2.24) is 15.1 Å². The first-order chi connectivity index (χ1) is 8.70. The van der Waals surface area contributed by atoms with E-state index in [0.717, 1.165) is 18.0 Å². The Morgan fingerprint density at radius 2 is 2.06 bits per heavy atom. The summed E-state index contributed by atoms with van der Waals surface area (Å²) in [5, 5.41) is 3.74. The van der Waals surface area contributed by atoms with E-state index in [1.165, 1.54) is 58.4 Å². The molecule has 0 saturated carbocycles.